The SMILES string of the molecule is CN(C)c1ccnc(Nc2ccc(F)cc2F)c1C#N. The molecule has 0 amide bonds. The molecule has 6 heteroatoms. The van der Waals surface area contributed by atoms with Crippen molar-refractivity contribution < 1.29 is 8.78 Å². The van der Waals surface area contributed by atoms with Crippen LogP contribution >= 0.6 is 0 Å². The summed E-state index contributed by atoms with van der Waals surface area (Å²) < 4.78 is 26.5. The molecule has 0 unspecified atom stereocenters. The van der Waals surface area contributed by atoms with Gasteiger partial charge in [-0.1, -0.05) is 0 Å². The summed E-state index contributed by atoms with van der Waals surface area (Å²) in [5, 5.41) is 11.9. The lowest BCUT2D eigenvalue weighted by Crippen LogP contribution is -2.12. The fourth-order valence-corrected chi connectivity index (χ4v) is 1.75. The lowest BCUT2D eigenvalue weighted by molar-refractivity contribution is 0.586. The Labute approximate surface area is 115 Å². The molecule has 0 radical (unpaired) electrons. The van der Waals surface area contributed by atoms with E-state index in [0.29, 0.717) is 11.3 Å². The predicted molar refractivity (Wildman–Crippen MR) is 72.9 cm³/mol. The van der Waals surface area contributed by atoms with E-state index in [-0.39, 0.29) is 11.5 Å². The molecule has 0 spiro atoms. The van der Waals surface area contributed by atoms with E-state index >= 15 is 0 Å². The van der Waals surface area contributed by atoms with Gasteiger partial charge >= 0.3 is 0 Å². The zero-order chi connectivity index (χ0) is 14.7. The van der Waals surface area contributed by atoms with E-state index in [4.69, 9.17) is 0 Å². The van der Waals surface area contributed by atoms with Crippen LogP contribution in [0.25, 0.3) is 0 Å². The smallest absolute Gasteiger partial charge is 0.150 e. The number of halogens is 2. The molecule has 0 bridgehead atoms. The van der Waals surface area contributed by atoms with E-state index in [1.807, 2.05) is 6.07 Å². The minimum Gasteiger partial charge on any atom is -0.376 e. The average Bonchev–Trinajstić information content (AvgIpc) is 2.41. The molecule has 20 heavy (non-hydrogen) atoms. The van der Waals surface area contributed by atoms with Crippen molar-refractivity contribution in [2.75, 3.05) is 24.3 Å². The van der Waals surface area contributed by atoms with Gasteiger partial charge in [0.2, 0.25) is 0 Å². The number of anilines is 3. The molecule has 0 saturated heterocycles. The summed E-state index contributed by atoms with van der Waals surface area (Å²) in [6, 6.07) is 6.88. The molecule has 0 aliphatic heterocycles. The summed E-state index contributed by atoms with van der Waals surface area (Å²) in [6.07, 6.45) is 1.51. The first kappa shape index (κ1) is 13.7. The zero-order valence-electron chi connectivity index (χ0n) is 11.0. The number of rotatable bonds is 3. The van der Waals surface area contributed by atoms with Crippen molar-refractivity contribution >= 4 is 17.2 Å². The maximum absolute atomic E-state index is 13.6. The second-order valence-corrected chi connectivity index (χ2v) is 4.31. The Hall–Kier alpha value is -2.68. The van der Waals surface area contributed by atoms with Crippen LogP contribution in [-0.2, 0) is 0 Å². The third-order valence-electron chi connectivity index (χ3n) is 2.71. The van der Waals surface area contributed by atoms with Crippen molar-refractivity contribution in [3.63, 3.8) is 0 Å². The van der Waals surface area contributed by atoms with Gasteiger partial charge in [0, 0.05) is 26.4 Å². The number of nitriles is 1. The van der Waals surface area contributed by atoms with Crippen LogP contribution < -0.4 is 10.2 Å². The van der Waals surface area contributed by atoms with Gasteiger partial charge in [-0.05, 0) is 18.2 Å². The van der Waals surface area contributed by atoms with E-state index < -0.39 is 11.6 Å². The standard InChI is InChI=1S/C14H12F2N4/c1-20(2)13-5-6-18-14(10(13)8-17)19-12-4-3-9(15)7-11(12)16/h3-7H,1-2H3,(H,18,19). The number of hydrogen-bond donors (Lipinski definition) is 1. The Morgan fingerprint density at radius 1 is 1.25 bits per heavy atom. The third-order valence-corrected chi connectivity index (χ3v) is 2.71. The molecule has 1 aromatic heterocycles. The molecule has 0 atom stereocenters. The van der Waals surface area contributed by atoms with Crippen LogP contribution in [0, 0.1) is 23.0 Å². The van der Waals surface area contributed by atoms with E-state index in [1.165, 1.54) is 12.3 Å². The van der Waals surface area contributed by atoms with Crippen LogP contribution in [-0.4, -0.2) is 19.1 Å². The zero-order valence-corrected chi connectivity index (χ0v) is 11.0. The second-order valence-electron chi connectivity index (χ2n) is 4.31. The van der Waals surface area contributed by atoms with E-state index in [9.17, 15) is 14.0 Å². The first-order valence-corrected chi connectivity index (χ1v) is 5.81. The van der Waals surface area contributed by atoms with Crippen molar-refractivity contribution in [3.05, 3.63) is 47.7 Å². The lowest BCUT2D eigenvalue weighted by atomic mass is 10.2. The highest BCUT2D eigenvalue weighted by molar-refractivity contribution is 5.72. The number of benzene rings is 1. The summed E-state index contributed by atoms with van der Waals surface area (Å²) >= 11 is 0. The molecule has 102 valence electrons. The van der Waals surface area contributed by atoms with Crippen LogP contribution in [0.5, 0.6) is 0 Å². The van der Waals surface area contributed by atoms with Crippen LogP contribution in [0.1, 0.15) is 5.56 Å². The summed E-state index contributed by atoms with van der Waals surface area (Å²) in [5.74, 6) is -1.18. The van der Waals surface area contributed by atoms with Crippen molar-refractivity contribution in [2.24, 2.45) is 0 Å². The summed E-state index contributed by atoms with van der Waals surface area (Å²) in [5.41, 5.74) is 1.01. The molecule has 1 N–H and O–H groups in total. The minimum atomic E-state index is -0.744. The second kappa shape index (κ2) is 5.53. The van der Waals surface area contributed by atoms with Gasteiger partial charge in [-0.25, -0.2) is 13.8 Å². The Kier molecular flexibility index (Phi) is 3.80. The maximum Gasteiger partial charge on any atom is 0.150 e. The molecule has 0 aliphatic carbocycles. The van der Waals surface area contributed by atoms with Gasteiger partial charge in [0.25, 0.3) is 0 Å². The van der Waals surface area contributed by atoms with Gasteiger partial charge in [-0.2, -0.15) is 5.26 Å². The van der Waals surface area contributed by atoms with Gasteiger partial charge < -0.3 is 10.2 Å². The van der Waals surface area contributed by atoms with E-state index in [1.54, 1.807) is 25.1 Å². The molecule has 1 heterocycles. The molecular weight excluding hydrogens is 262 g/mol. The van der Waals surface area contributed by atoms with Crippen LogP contribution in [0.4, 0.5) is 26.0 Å². The summed E-state index contributed by atoms with van der Waals surface area (Å²) in [7, 11) is 3.58. The Bertz CT molecular complexity index is 677. The summed E-state index contributed by atoms with van der Waals surface area (Å²) in [4.78, 5) is 5.79. The first-order chi connectivity index (χ1) is 9.52. The highest BCUT2D eigenvalue weighted by Crippen LogP contribution is 2.27. The average molecular weight is 274 g/mol. The minimum absolute atomic E-state index is 0.0614. The molecule has 2 aromatic rings. The molecule has 0 aliphatic rings. The molecular formula is C14H12F2N4. The number of nitrogens with zero attached hydrogens (tertiary/aromatic N) is 3. The van der Waals surface area contributed by atoms with Crippen molar-refractivity contribution in [1.82, 2.24) is 4.98 Å². The fourth-order valence-electron chi connectivity index (χ4n) is 1.75. The Morgan fingerprint density at radius 3 is 2.60 bits per heavy atom. The number of pyridine rings is 1. The molecule has 0 fully saturated rings. The number of aromatic nitrogens is 1. The third kappa shape index (κ3) is 2.67. The summed E-state index contributed by atoms with van der Waals surface area (Å²) in [6.45, 7) is 0. The molecule has 0 saturated carbocycles. The van der Waals surface area contributed by atoms with Gasteiger partial charge in [-0.15, -0.1) is 0 Å². The number of nitrogens with one attached hydrogen (secondary N) is 1. The van der Waals surface area contributed by atoms with E-state index in [2.05, 4.69) is 10.3 Å². The van der Waals surface area contributed by atoms with Crippen molar-refractivity contribution in [3.8, 4) is 6.07 Å². The number of hydrogen-bond acceptors (Lipinski definition) is 4. The van der Waals surface area contributed by atoms with Crippen molar-refractivity contribution in [1.29, 1.82) is 5.26 Å². The molecule has 4 nitrogen and oxygen atoms in total. The topological polar surface area (TPSA) is 52.0 Å². The van der Waals surface area contributed by atoms with Crippen molar-refractivity contribution in [2.45, 2.75) is 0 Å². The van der Waals surface area contributed by atoms with Gasteiger partial charge in [0.15, 0.2) is 5.82 Å². The van der Waals surface area contributed by atoms with Crippen LogP contribution in [0.3, 0.4) is 0 Å². The van der Waals surface area contributed by atoms with Crippen LogP contribution in [0.2, 0.25) is 0 Å². The highest BCUT2D eigenvalue weighted by Gasteiger charge is 2.13. The highest BCUT2D eigenvalue weighted by atomic mass is 19.1. The maximum atomic E-state index is 13.6. The lowest BCUT2D eigenvalue weighted by Gasteiger charge is -2.16. The Balaban J connectivity index is 2.44. The van der Waals surface area contributed by atoms with Gasteiger partial charge in [0.1, 0.15) is 23.3 Å². The predicted octanol–water partition coefficient (Wildman–Crippen LogP) is 3.04. The fraction of sp³-hybridized carbons (Fsp3) is 0.143. The molecule has 1 aromatic carbocycles. The van der Waals surface area contributed by atoms with E-state index in [0.717, 1.165) is 12.1 Å². The van der Waals surface area contributed by atoms with Crippen LogP contribution in [0.15, 0.2) is 30.5 Å². The normalized spacial score (nSPS) is 9.95. The first-order valence-electron chi connectivity index (χ1n) is 5.81. The quantitative estimate of drug-likeness (QED) is 0.934. The molecule has 2 rings (SSSR count). The Morgan fingerprint density at radius 2 is 2.00 bits per heavy atom. The monoisotopic (exact) mass is 274 g/mol. The van der Waals surface area contributed by atoms with Gasteiger partial charge in [-0.3, -0.25) is 0 Å². The van der Waals surface area contributed by atoms with Gasteiger partial charge in [0.05, 0.1) is 11.4 Å². The largest absolute Gasteiger partial charge is 0.376 e.